The van der Waals surface area contributed by atoms with E-state index in [-0.39, 0.29) is 12.5 Å². The van der Waals surface area contributed by atoms with Crippen molar-refractivity contribution in [2.24, 2.45) is 0 Å². The number of nitrogens with one attached hydrogen (secondary N) is 2. The smallest absolute Gasteiger partial charge is 0.242 e. The molecule has 4 rings (SSSR count). The highest BCUT2D eigenvalue weighted by Crippen LogP contribution is 2.24. The maximum Gasteiger partial charge on any atom is 0.242 e. The van der Waals surface area contributed by atoms with Gasteiger partial charge in [-0.25, -0.2) is 0 Å². The molecule has 0 aromatic heterocycles. The summed E-state index contributed by atoms with van der Waals surface area (Å²) in [5.74, 6) is 1.19. The Morgan fingerprint density at radius 3 is 2.21 bits per heavy atom. The monoisotopic (exact) mass is 454 g/mol. The van der Waals surface area contributed by atoms with Crippen LogP contribution < -0.4 is 10.1 Å². The van der Waals surface area contributed by atoms with Crippen molar-refractivity contribution < 1.29 is 9.53 Å². The predicted octanol–water partition coefficient (Wildman–Crippen LogP) is 4.86. The van der Waals surface area contributed by atoms with Crippen LogP contribution in [0.5, 0.6) is 5.75 Å². The zero-order valence-electron chi connectivity index (χ0n) is 19.6. The Labute approximate surface area is 201 Å². The minimum atomic E-state index is 0.0249. The lowest BCUT2D eigenvalue weighted by Gasteiger charge is -2.36. The Hall–Kier alpha value is -4.06. The molecule has 6 heteroatoms. The van der Waals surface area contributed by atoms with Crippen molar-refractivity contribution in [3.8, 4) is 5.75 Å². The summed E-state index contributed by atoms with van der Waals surface area (Å²) in [4.78, 5) is 16.6. The molecular weight excluding hydrogens is 424 g/mol. The third kappa shape index (κ3) is 5.46. The molecule has 0 radical (unpaired) electrons. The van der Waals surface area contributed by atoms with Crippen molar-refractivity contribution in [1.29, 1.82) is 5.41 Å². The first kappa shape index (κ1) is 23.1. The van der Waals surface area contributed by atoms with E-state index in [1.165, 1.54) is 0 Å². The van der Waals surface area contributed by atoms with E-state index in [0.717, 1.165) is 33.8 Å². The van der Waals surface area contributed by atoms with Crippen LogP contribution in [0.15, 0.2) is 90.5 Å². The van der Waals surface area contributed by atoms with Gasteiger partial charge in [0.25, 0.3) is 0 Å². The average molecular weight is 455 g/mol. The first-order chi connectivity index (χ1) is 16.5. The zero-order valence-corrected chi connectivity index (χ0v) is 19.6. The fraction of sp³-hybridized carbons (Fsp3) is 0.214. The number of nitrogens with zero attached hydrogens (tertiary/aromatic N) is 2. The summed E-state index contributed by atoms with van der Waals surface area (Å²) in [6.45, 7) is 3.89. The third-order valence-electron chi connectivity index (χ3n) is 6.00. The lowest BCUT2D eigenvalue weighted by molar-refractivity contribution is -0.135. The second-order valence-corrected chi connectivity index (χ2v) is 8.29. The Morgan fingerprint density at radius 1 is 0.941 bits per heavy atom. The Morgan fingerprint density at radius 2 is 1.59 bits per heavy atom. The van der Waals surface area contributed by atoms with E-state index < -0.39 is 0 Å². The fourth-order valence-electron chi connectivity index (χ4n) is 4.03. The van der Waals surface area contributed by atoms with Gasteiger partial charge in [-0.1, -0.05) is 60.7 Å². The molecule has 6 nitrogen and oxygen atoms in total. The lowest BCUT2D eigenvalue weighted by Crippen LogP contribution is -2.52. The molecule has 1 fully saturated rings. The number of hydrogen-bond acceptors (Lipinski definition) is 4. The first-order valence-corrected chi connectivity index (χ1v) is 11.4. The molecule has 34 heavy (non-hydrogen) atoms. The van der Waals surface area contributed by atoms with Gasteiger partial charge in [-0.3, -0.25) is 10.2 Å². The summed E-state index contributed by atoms with van der Waals surface area (Å²) < 4.78 is 5.21. The number of amides is 1. The van der Waals surface area contributed by atoms with Crippen LogP contribution in [0.3, 0.4) is 0 Å². The molecule has 1 aliphatic heterocycles. The summed E-state index contributed by atoms with van der Waals surface area (Å²) in [7, 11) is 1.64. The number of amidine groups is 1. The summed E-state index contributed by atoms with van der Waals surface area (Å²) in [5, 5.41) is 12.4. The summed E-state index contributed by atoms with van der Waals surface area (Å²) in [6.07, 6.45) is 0. The molecule has 0 aliphatic carbocycles. The number of methoxy groups -OCH3 is 1. The number of para-hydroxylation sites is 1. The maximum atomic E-state index is 12.9. The number of rotatable bonds is 7. The Bertz CT molecular complexity index is 1160. The minimum absolute atomic E-state index is 0.0249. The fourth-order valence-corrected chi connectivity index (χ4v) is 4.03. The number of anilines is 1. The summed E-state index contributed by atoms with van der Waals surface area (Å²) in [5.41, 5.74) is 4.68. The van der Waals surface area contributed by atoms with Gasteiger partial charge in [0.05, 0.1) is 19.4 Å². The van der Waals surface area contributed by atoms with Gasteiger partial charge in [-0.05, 0) is 42.3 Å². The van der Waals surface area contributed by atoms with Gasteiger partial charge < -0.3 is 19.9 Å². The third-order valence-corrected chi connectivity index (χ3v) is 6.00. The Kier molecular flexibility index (Phi) is 7.28. The normalized spacial score (nSPS) is 14.5. The Balaban J connectivity index is 1.49. The van der Waals surface area contributed by atoms with E-state index >= 15 is 0 Å². The molecule has 1 aliphatic rings. The van der Waals surface area contributed by atoms with E-state index in [1.54, 1.807) is 7.11 Å². The van der Waals surface area contributed by atoms with Crippen LogP contribution in [0.25, 0.3) is 5.70 Å². The maximum absolute atomic E-state index is 12.9. The molecule has 1 saturated heterocycles. The number of ether oxygens (including phenoxy) is 1. The van der Waals surface area contributed by atoms with Gasteiger partial charge in [0, 0.05) is 30.9 Å². The van der Waals surface area contributed by atoms with Gasteiger partial charge in [0.15, 0.2) is 0 Å². The van der Waals surface area contributed by atoms with Crippen LogP contribution in [-0.2, 0) is 11.3 Å². The average Bonchev–Trinajstić information content (AvgIpc) is 2.89. The van der Waals surface area contributed by atoms with Gasteiger partial charge >= 0.3 is 0 Å². The first-order valence-electron chi connectivity index (χ1n) is 11.4. The molecule has 0 unspecified atom stereocenters. The summed E-state index contributed by atoms with van der Waals surface area (Å²) in [6, 6.07) is 27.7. The molecule has 1 heterocycles. The molecule has 1 amide bonds. The number of hydrogen-bond donors (Lipinski definition) is 2. The SMILES string of the molecule is COc1ccc(CN2CCN(C(=N)/C(C)=C(\Nc3ccccc3)c3ccccc3)CC2=O)cc1. The van der Waals surface area contributed by atoms with Crippen LogP contribution in [-0.4, -0.2) is 48.3 Å². The van der Waals surface area contributed by atoms with Crippen LogP contribution in [0.2, 0.25) is 0 Å². The van der Waals surface area contributed by atoms with Gasteiger partial charge in [0.2, 0.25) is 5.91 Å². The molecule has 0 saturated carbocycles. The van der Waals surface area contributed by atoms with Gasteiger partial charge in [0.1, 0.15) is 11.6 Å². The van der Waals surface area contributed by atoms with Crippen molar-refractivity contribution >= 4 is 23.1 Å². The van der Waals surface area contributed by atoms with E-state index in [4.69, 9.17) is 10.1 Å². The molecule has 3 aromatic rings. The summed E-state index contributed by atoms with van der Waals surface area (Å²) >= 11 is 0. The minimum Gasteiger partial charge on any atom is -0.497 e. The quantitative estimate of drug-likeness (QED) is 0.395. The van der Waals surface area contributed by atoms with Crippen LogP contribution in [0.4, 0.5) is 5.69 Å². The zero-order chi connectivity index (χ0) is 23.9. The van der Waals surface area contributed by atoms with E-state index in [9.17, 15) is 4.79 Å². The molecular formula is C28H30N4O2. The van der Waals surface area contributed by atoms with Gasteiger partial charge in [-0.2, -0.15) is 0 Å². The van der Waals surface area contributed by atoms with E-state index in [2.05, 4.69) is 5.32 Å². The lowest BCUT2D eigenvalue weighted by atomic mass is 10.0. The van der Waals surface area contributed by atoms with Crippen molar-refractivity contribution in [2.45, 2.75) is 13.5 Å². The van der Waals surface area contributed by atoms with Crippen molar-refractivity contribution in [1.82, 2.24) is 9.80 Å². The second kappa shape index (κ2) is 10.7. The standard InChI is InChI=1S/C28H30N4O2/c1-21(27(23-9-5-3-6-10-23)30-24-11-7-4-8-12-24)28(29)32-18-17-31(26(33)20-32)19-22-13-15-25(34-2)16-14-22/h3-16,29-30H,17-20H2,1-2H3/b27-21-,29-28?. The van der Waals surface area contributed by atoms with Crippen LogP contribution in [0.1, 0.15) is 18.1 Å². The van der Waals surface area contributed by atoms with Crippen molar-refractivity contribution in [3.05, 3.63) is 102 Å². The topological polar surface area (TPSA) is 68.7 Å². The van der Waals surface area contributed by atoms with Crippen molar-refractivity contribution in [2.75, 3.05) is 32.1 Å². The molecule has 3 aromatic carbocycles. The van der Waals surface area contributed by atoms with Crippen molar-refractivity contribution in [3.63, 3.8) is 0 Å². The molecule has 2 N–H and O–H groups in total. The predicted molar refractivity (Wildman–Crippen MR) is 137 cm³/mol. The van der Waals surface area contributed by atoms with Crippen LogP contribution in [0, 0.1) is 5.41 Å². The largest absolute Gasteiger partial charge is 0.497 e. The van der Waals surface area contributed by atoms with E-state index in [0.29, 0.717) is 25.5 Å². The van der Waals surface area contributed by atoms with Gasteiger partial charge in [-0.15, -0.1) is 0 Å². The molecule has 0 bridgehead atoms. The highest BCUT2D eigenvalue weighted by molar-refractivity contribution is 6.05. The number of carbonyl (C=O) groups is 1. The molecule has 0 atom stereocenters. The van der Waals surface area contributed by atoms with Crippen LogP contribution >= 0.6 is 0 Å². The molecule has 174 valence electrons. The second-order valence-electron chi connectivity index (χ2n) is 8.29. The molecule has 0 spiro atoms. The number of piperazine rings is 1. The van der Waals surface area contributed by atoms with E-state index in [1.807, 2.05) is 102 Å². The number of benzene rings is 3. The number of carbonyl (C=O) groups excluding carboxylic acids is 1. The highest BCUT2D eigenvalue weighted by Gasteiger charge is 2.27. The highest BCUT2D eigenvalue weighted by atomic mass is 16.5.